The number of rotatable bonds is 5. The lowest BCUT2D eigenvalue weighted by Gasteiger charge is -2.45. The van der Waals surface area contributed by atoms with Crippen molar-refractivity contribution in [3.8, 4) is 5.75 Å². The van der Waals surface area contributed by atoms with Crippen molar-refractivity contribution >= 4 is 5.91 Å². The molecule has 0 bridgehead atoms. The molecule has 1 saturated heterocycles. The fourth-order valence-electron chi connectivity index (χ4n) is 4.32. The highest BCUT2D eigenvalue weighted by Gasteiger charge is 2.42. The van der Waals surface area contributed by atoms with Crippen molar-refractivity contribution in [1.29, 1.82) is 0 Å². The van der Waals surface area contributed by atoms with Crippen LogP contribution in [0.15, 0.2) is 18.2 Å². The molecule has 0 saturated carbocycles. The molecular weight excluding hydrogens is 328 g/mol. The lowest BCUT2D eigenvalue weighted by molar-refractivity contribution is -0.143. The lowest BCUT2D eigenvalue weighted by atomic mass is 9.79. The Morgan fingerprint density at radius 1 is 1.35 bits per heavy atom. The molecular formula is C21H32N2O3. The Hall–Kier alpha value is -1.59. The van der Waals surface area contributed by atoms with Crippen molar-refractivity contribution in [2.75, 3.05) is 33.9 Å². The summed E-state index contributed by atoms with van der Waals surface area (Å²) < 4.78 is 11.7. The number of carbonyl (C=O) groups is 1. The molecule has 144 valence electrons. The monoisotopic (exact) mass is 360 g/mol. The number of carbonyl (C=O) groups excluding carboxylic acids is 1. The second-order valence-electron chi connectivity index (χ2n) is 7.91. The van der Waals surface area contributed by atoms with E-state index in [1.54, 1.807) is 7.11 Å². The average molecular weight is 360 g/mol. The summed E-state index contributed by atoms with van der Waals surface area (Å²) >= 11 is 0. The Morgan fingerprint density at radius 2 is 2.08 bits per heavy atom. The van der Waals surface area contributed by atoms with Crippen LogP contribution in [0.1, 0.15) is 44.2 Å². The van der Waals surface area contributed by atoms with Gasteiger partial charge in [-0.25, -0.2) is 0 Å². The van der Waals surface area contributed by atoms with E-state index < -0.39 is 0 Å². The van der Waals surface area contributed by atoms with E-state index >= 15 is 0 Å². The molecule has 5 heteroatoms. The van der Waals surface area contributed by atoms with Crippen LogP contribution in [0.4, 0.5) is 0 Å². The maximum absolute atomic E-state index is 12.9. The number of methoxy groups -OCH3 is 1. The van der Waals surface area contributed by atoms with Gasteiger partial charge in [0.1, 0.15) is 5.75 Å². The molecule has 0 aliphatic carbocycles. The third-order valence-corrected chi connectivity index (χ3v) is 5.79. The molecule has 26 heavy (non-hydrogen) atoms. The smallest absolute Gasteiger partial charge is 0.239 e. The highest BCUT2D eigenvalue weighted by molar-refractivity contribution is 5.82. The van der Waals surface area contributed by atoms with Gasteiger partial charge in [-0.15, -0.1) is 0 Å². The maximum Gasteiger partial charge on any atom is 0.239 e. The molecule has 2 heterocycles. The first kappa shape index (κ1) is 19.2. The van der Waals surface area contributed by atoms with Crippen LogP contribution in [-0.2, 0) is 21.6 Å². The van der Waals surface area contributed by atoms with Crippen LogP contribution in [0.5, 0.6) is 5.75 Å². The zero-order chi connectivity index (χ0) is 18.7. The molecule has 1 fully saturated rings. The van der Waals surface area contributed by atoms with Gasteiger partial charge in [0.25, 0.3) is 0 Å². The van der Waals surface area contributed by atoms with Gasteiger partial charge in [-0.2, -0.15) is 0 Å². The normalized spacial score (nSPS) is 20.1. The zero-order valence-electron chi connectivity index (χ0n) is 16.5. The largest absolute Gasteiger partial charge is 0.497 e. The van der Waals surface area contributed by atoms with E-state index in [9.17, 15) is 4.79 Å². The van der Waals surface area contributed by atoms with Crippen molar-refractivity contribution in [1.82, 2.24) is 10.2 Å². The lowest BCUT2D eigenvalue weighted by Crippen LogP contribution is -2.53. The maximum atomic E-state index is 12.9. The molecule has 1 amide bonds. The Bertz CT molecular complexity index is 636. The molecule has 1 spiro atoms. The molecule has 2 aliphatic rings. The van der Waals surface area contributed by atoms with Crippen LogP contribution in [0, 0.1) is 5.92 Å². The molecule has 2 aliphatic heterocycles. The second-order valence-corrected chi connectivity index (χ2v) is 7.91. The van der Waals surface area contributed by atoms with Gasteiger partial charge in [-0.3, -0.25) is 4.79 Å². The van der Waals surface area contributed by atoms with E-state index in [4.69, 9.17) is 9.47 Å². The van der Waals surface area contributed by atoms with Gasteiger partial charge in [-0.1, -0.05) is 19.9 Å². The number of hydrogen-bond acceptors (Lipinski definition) is 4. The van der Waals surface area contributed by atoms with Gasteiger partial charge in [-0.05, 0) is 61.9 Å². The molecule has 1 aromatic rings. The number of amides is 1. The molecule has 0 radical (unpaired) electrons. The predicted molar refractivity (Wildman–Crippen MR) is 102 cm³/mol. The Labute approximate surface area is 157 Å². The summed E-state index contributed by atoms with van der Waals surface area (Å²) in [5.74, 6) is 1.62. The van der Waals surface area contributed by atoms with Crippen LogP contribution in [0.3, 0.4) is 0 Å². The topological polar surface area (TPSA) is 50.8 Å². The number of nitrogens with one attached hydrogen (secondary N) is 1. The molecule has 0 unspecified atom stereocenters. The fourth-order valence-corrected chi connectivity index (χ4v) is 4.32. The minimum atomic E-state index is -0.246. The molecule has 1 atom stereocenters. The molecule has 3 rings (SSSR count). The predicted octanol–water partition coefficient (Wildman–Crippen LogP) is 2.72. The van der Waals surface area contributed by atoms with E-state index in [2.05, 4.69) is 31.3 Å². The quantitative estimate of drug-likeness (QED) is 0.877. The number of benzene rings is 1. The van der Waals surface area contributed by atoms with E-state index in [0.717, 1.165) is 51.1 Å². The van der Waals surface area contributed by atoms with Crippen molar-refractivity contribution in [3.05, 3.63) is 29.3 Å². The third kappa shape index (κ3) is 3.74. The Balaban J connectivity index is 1.72. The van der Waals surface area contributed by atoms with E-state index in [1.807, 2.05) is 18.0 Å². The van der Waals surface area contributed by atoms with Gasteiger partial charge >= 0.3 is 0 Å². The van der Waals surface area contributed by atoms with E-state index in [1.165, 1.54) is 11.1 Å². The molecule has 0 aromatic heterocycles. The number of nitrogens with zero attached hydrogens (tertiary/aromatic N) is 1. The van der Waals surface area contributed by atoms with Crippen LogP contribution in [0.25, 0.3) is 0 Å². The summed E-state index contributed by atoms with van der Waals surface area (Å²) in [6.45, 7) is 6.55. The summed E-state index contributed by atoms with van der Waals surface area (Å²) in [7, 11) is 3.58. The summed E-state index contributed by atoms with van der Waals surface area (Å²) in [6.07, 6.45) is 3.51. The van der Waals surface area contributed by atoms with Gasteiger partial charge in [0.2, 0.25) is 5.91 Å². The Morgan fingerprint density at radius 3 is 2.69 bits per heavy atom. The average Bonchev–Trinajstić information content (AvgIpc) is 2.66. The van der Waals surface area contributed by atoms with Crippen molar-refractivity contribution in [3.63, 3.8) is 0 Å². The standard InChI is InChI=1S/C21H32N2O3/c1-15(2)13-19(22-3)20(24)23-10-8-21(9-11-23)18-6-5-17(25-4)14-16(18)7-12-26-21/h5-6,14-15,19,22H,7-13H2,1-4H3/t19-/m0/s1. The minimum absolute atomic E-state index is 0.0899. The van der Waals surface area contributed by atoms with Crippen LogP contribution < -0.4 is 10.1 Å². The van der Waals surface area contributed by atoms with Crippen LogP contribution in [-0.4, -0.2) is 50.7 Å². The van der Waals surface area contributed by atoms with Crippen LogP contribution in [0.2, 0.25) is 0 Å². The zero-order valence-corrected chi connectivity index (χ0v) is 16.5. The van der Waals surface area contributed by atoms with E-state index in [-0.39, 0.29) is 17.6 Å². The van der Waals surface area contributed by atoms with Gasteiger partial charge in [0.05, 0.1) is 25.4 Å². The summed E-state index contributed by atoms with van der Waals surface area (Å²) in [5, 5.41) is 3.19. The number of piperidine rings is 1. The highest BCUT2D eigenvalue weighted by atomic mass is 16.5. The first-order chi connectivity index (χ1) is 12.5. The van der Waals surface area contributed by atoms with Crippen molar-refractivity contribution in [2.24, 2.45) is 5.92 Å². The number of fused-ring (bicyclic) bond motifs is 2. The summed E-state index contributed by atoms with van der Waals surface area (Å²) in [5.41, 5.74) is 2.36. The molecule has 5 nitrogen and oxygen atoms in total. The minimum Gasteiger partial charge on any atom is -0.497 e. The fraction of sp³-hybridized carbons (Fsp3) is 0.667. The van der Waals surface area contributed by atoms with Crippen LogP contribution >= 0.6 is 0 Å². The first-order valence-electron chi connectivity index (χ1n) is 9.76. The summed E-state index contributed by atoms with van der Waals surface area (Å²) in [4.78, 5) is 14.9. The molecule has 1 aromatic carbocycles. The second kappa shape index (κ2) is 7.97. The SMILES string of the molecule is CN[C@@H](CC(C)C)C(=O)N1CCC2(CC1)OCCc1cc(OC)ccc12. The van der Waals surface area contributed by atoms with E-state index in [0.29, 0.717) is 5.92 Å². The number of hydrogen-bond donors (Lipinski definition) is 1. The third-order valence-electron chi connectivity index (χ3n) is 5.79. The summed E-state index contributed by atoms with van der Waals surface area (Å²) in [6, 6.07) is 6.22. The van der Waals surface area contributed by atoms with Gasteiger partial charge in [0.15, 0.2) is 0 Å². The number of ether oxygens (including phenoxy) is 2. The highest BCUT2D eigenvalue weighted by Crippen LogP contribution is 2.42. The molecule has 1 N–H and O–H groups in total. The van der Waals surface area contributed by atoms with Gasteiger partial charge < -0.3 is 19.7 Å². The number of likely N-dealkylation sites (tertiary alicyclic amines) is 1. The van der Waals surface area contributed by atoms with Gasteiger partial charge in [0, 0.05) is 13.1 Å². The number of likely N-dealkylation sites (N-methyl/N-ethyl adjacent to an activating group) is 1. The first-order valence-corrected chi connectivity index (χ1v) is 9.76. The Kier molecular flexibility index (Phi) is 5.88. The van der Waals surface area contributed by atoms with Crippen molar-refractivity contribution < 1.29 is 14.3 Å². The van der Waals surface area contributed by atoms with Crippen molar-refractivity contribution in [2.45, 2.75) is 51.2 Å².